The summed E-state index contributed by atoms with van der Waals surface area (Å²) in [7, 11) is 0. The Morgan fingerprint density at radius 1 is 1.12 bits per heavy atom. The molecule has 0 bridgehead atoms. The van der Waals surface area contributed by atoms with E-state index < -0.39 is 0 Å². The minimum absolute atomic E-state index is 0.0761. The predicted octanol–water partition coefficient (Wildman–Crippen LogP) is 4.94. The van der Waals surface area contributed by atoms with E-state index in [4.69, 9.17) is 12.2 Å². The van der Waals surface area contributed by atoms with E-state index in [1.165, 1.54) is 10.4 Å². The normalized spacial score (nSPS) is 16.4. The van der Waals surface area contributed by atoms with E-state index in [-0.39, 0.29) is 11.8 Å². The van der Waals surface area contributed by atoms with Crippen LogP contribution in [-0.4, -0.2) is 21.5 Å². The number of nitrogens with one attached hydrogen (secondary N) is 3. The number of hydrogen-bond acceptors (Lipinski definition) is 4. The summed E-state index contributed by atoms with van der Waals surface area (Å²) < 4.78 is 2.14. The van der Waals surface area contributed by atoms with Crippen LogP contribution in [0.3, 0.4) is 0 Å². The van der Waals surface area contributed by atoms with Gasteiger partial charge in [0, 0.05) is 22.0 Å². The number of fused-ring (bicyclic) bond motifs is 1. The molecule has 0 saturated carbocycles. The van der Waals surface area contributed by atoms with Gasteiger partial charge in [-0.15, -0.1) is 11.3 Å². The number of carbonyl (C=O) groups excluding carboxylic acids is 2. The molecule has 5 rings (SSSR count). The van der Waals surface area contributed by atoms with Crippen LogP contribution < -0.4 is 16.0 Å². The smallest absolute Gasteiger partial charge is 0.273 e. The Morgan fingerprint density at radius 2 is 1.85 bits per heavy atom. The first-order valence-corrected chi connectivity index (χ1v) is 12.6. The molecule has 1 aromatic carbocycles. The SMILES string of the molecule is Cc1ccc(NC(=O)c2c(-n3c(C)cc(/C=C4/NC(=S)NC4=O)c3C)sc3c2CCCC3)cc1. The average molecular weight is 491 g/mol. The number of nitrogens with zero attached hydrogens (tertiary/aromatic N) is 1. The van der Waals surface area contributed by atoms with E-state index in [1.54, 1.807) is 11.3 Å². The molecule has 1 fully saturated rings. The summed E-state index contributed by atoms with van der Waals surface area (Å²) in [4.78, 5) is 27.0. The van der Waals surface area contributed by atoms with Gasteiger partial charge >= 0.3 is 0 Å². The Labute approximate surface area is 208 Å². The lowest BCUT2D eigenvalue weighted by Gasteiger charge is -2.14. The highest BCUT2D eigenvalue weighted by Crippen LogP contribution is 2.39. The van der Waals surface area contributed by atoms with E-state index >= 15 is 0 Å². The van der Waals surface area contributed by atoms with Crippen LogP contribution in [0.25, 0.3) is 11.1 Å². The van der Waals surface area contributed by atoms with Gasteiger partial charge < -0.3 is 15.2 Å². The maximum Gasteiger partial charge on any atom is 0.273 e. The lowest BCUT2D eigenvalue weighted by molar-refractivity contribution is -0.115. The van der Waals surface area contributed by atoms with Crippen LogP contribution in [0.1, 0.15) is 56.2 Å². The van der Waals surface area contributed by atoms with E-state index in [0.29, 0.717) is 10.8 Å². The van der Waals surface area contributed by atoms with Gasteiger partial charge in [-0.2, -0.15) is 0 Å². The lowest BCUT2D eigenvalue weighted by atomic mass is 9.95. The van der Waals surface area contributed by atoms with Crippen molar-refractivity contribution in [3.8, 4) is 5.00 Å². The summed E-state index contributed by atoms with van der Waals surface area (Å²) in [6, 6.07) is 9.91. The molecule has 1 aliphatic heterocycles. The first kappa shape index (κ1) is 22.6. The average Bonchev–Trinajstić information content (AvgIpc) is 3.42. The molecule has 8 heteroatoms. The number of amides is 2. The Morgan fingerprint density at radius 3 is 2.56 bits per heavy atom. The second kappa shape index (κ2) is 8.85. The number of aromatic nitrogens is 1. The number of thiophene rings is 1. The summed E-state index contributed by atoms with van der Waals surface area (Å²) in [5.41, 5.74) is 7.19. The van der Waals surface area contributed by atoms with Gasteiger partial charge in [0.1, 0.15) is 10.7 Å². The van der Waals surface area contributed by atoms with Crippen LogP contribution in [0.2, 0.25) is 0 Å². The Balaban J connectivity index is 1.59. The third-order valence-corrected chi connectivity index (χ3v) is 7.86. The van der Waals surface area contributed by atoms with E-state index in [0.717, 1.165) is 64.4 Å². The minimum atomic E-state index is -0.237. The molecule has 174 valence electrons. The molecule has 3 aromatic rings. The molecule has 0 unspecified atom stereocenters. The maximum absolute atomic E-state index is 13.6. The zero-order chi connectivity index (χ0) is 24.0. The molecule has 34 heavy (non-hydrogen) atoms. The highest BCUT2D eigenvalue weighted by Gasteiger charge is 2.28. The Bertz CT molecular complexity index is 1360. The molecule has 3 heterocycles. The van der Waals surface area contributed by atoms with Crippen molar-refractivity contribution in [2.75, 3.05) is 5.32 Å². The van der Waals surface area contributed by atoms with Crippen LogP contribution >= 0.6 is 23.6 Å². The second-order valence-corrected chi connectivity index (χ2v) is 10.3. The van der Waals surface area contributed by atoms with Crippen LogP contribution in [0.4, 0.5) is 5.69 Å². The van der Waals surface area contributed by atoms with Crippen molar-refractivity contribution in [3.63, 3.8) is 0 Å². The van der Waals surface area contributed by atoms with E-state index in [2.05, 4.69) is 20.5 Å². The largest absolute Gasteiger partial charge is 0.328 e. The molecule has 2 aromatic heterocycles. The van der Waals surface area contributed by atoms with Crippen LogP contribution in [0.5, 0.6) is 0 Å². The van der Waals surface area contributed by atoms with Crippen molar-refractivity contribution in [1.29, 1.82) is 0 Å². The van der Waals surface area contributed by atoms with Gasteiger partial charge in [-0.3, -0.25) is 14.9 Å². The molecule has 1 aliphatic carbocycles. The molecule has 2 amide bonds. The second-order valence-electron chi connectivity index (χ2n) is 8.84. The number of anilines is 1. The van der Waals surface area contributed by atoms with Crippen LogP contribution in [-0.2, 0) is 17.6 Å². The van der Waals surface area contributed by atoms with Crippen molar-refractivity contribution < 1.29 is 9.59 Å². The zero-order valence-electron chi connectivity index (χ0n) is 19.4. The molecule has 6 nitrogen and oxygen atoms in total. The van der Waals surface area contributed by atoms with Crippen LogP contribution in [0, 0.1) is 20.8 Å². The van der Waals surface area contributed by atoms with Crippen molar-refractivity contribution in [1.82, 2.24) is 15.2 Å². The number of hydrogen-bond donors (Lipinski definition) is 3. The van der Waals surface area contributed by atoms with Gasteiger partial charge in [0.2, 0.25) is 0 Å². The van der Waals surface area contributed by atoms with Crippen molar-refractivity contribution in [2.45, 2.75) is 46.5 Å². The molecule has 0 atom stereocenters. The Kier molecular flexibility index (Phi) is 5.87. The van der Waals surface area contributed by atoms with Crippen molar-refractivity contribution in [3.05, 3.63) is 74.5 Å². The van der Waals surface area contributed by atoms with Gasteiger partial charge in [0.25, 0.3) is 11.8 Å². The number of carbonyl (C=O) groups is 2. The highest BCUT2D eigenvalue weighted by atomic mass is 32.1. The zero-order valence-corrected chi connectivity index (χ0v) is 21.0. The number of benzene rings is 1. The summed E-state index contributed by atoms with van der Waals surface area (Å²) in [5.74, 6) is -0.313. The topological polar surface area (TPSA) is 75.2 Å². The molecule has 0 radical (unpaired) electrons. The molecular formula is C26H26N4O2S2. The summed E-state index contributed by atoms with van der Waals surface area (Å²) in [6.45, 7) is 6.08. The van der Waals surface area contributed by atoms with Crippen LogP contribution in [0.15, 0.2) is 36.0 Å². The molecule has 1 saturated heterocycles. The maximum atomic E-state index is 13.6. The molecular weight excluding hydrogens is 464 g/mol. The van der Waals surface area contributed by atoms with Crippen molar-refractivity contribution >= 4 is 52.2 Å². The third-order valence-electron chi connectivity index (χ3n) is 6.38. The first-order valence-electron chi connectivity index (χ1n) is 11.4. The fourth-order valence-corrected chi connectivity index (χ4v) is 6.36. The van der Waals surface area contributed by atoms with Crippen molar-refractivity contribution in [2.24, 2.45) is 0 Å². The number of thiocarbonyl (C=S) groups is 1. The van der Waals surface area contributed by atoms with Gasteiger partial charge in [-0.05, 0) is 94.1 Å². The fourth-order valence-electron chi connectivity index (χ4n) is 4.66. The molecule has 0 spiro atoms. The number of aryl methyl sites for hydroxylation is 3. The third kappa shape index (κ3) is 4.08. The summed E-state index contributed by atoms with van der Waals surface area (Å²) >= 11 is 6.76. The Hall–Kier alpha value is -3.23. The highest BCUT2D eigenvalue weighted by molar-refractivity contribution is 7.80. The van der Waals surface area contributed by atoms with Gasteiger partial charge in [-0.25, -0.2) is 0 Å². The van der Waals surface area contributed by atoms with Gasteiger partial charge in [-0.1, -0.05) is 17.7 Å². The van der Waals surface area contributed by atoms with E-state index in [9.17, 15) is 9.59 Å². The van der Waals surface area contributed by atoms with Gasteiger partial charge in [0.05, 0.1) is 5.56 Å². The predicted molar refractivity (Wildman–Crippen MR) is 141 cm³/mol. The summed E-state index contributed by atoms with van der Waals surface area (Å²) in [6.07, 6.45) is 5.97. The fraction of sp³-hybridized carbons (Fsp3) is 0.269. The van der Waals surface area contributed by atoms with E-state index in [1.807, 2.05) is 57.2 Å². The van der Waals surface area contributed by atoms with Gasteiger partial charge in [0.15, 0.2) is 5.11 Å². The minimum Gasteiger partial charge on any atom is -0.328 e. The standard InChI is InChI=1S/C26H26N4O2S2/c1-14-8-10-18(11-9-14)27-24(32)22-19-6-4-5-7-21(19)34-25(22)30-15(2)12-17(16(30)3)13-20-23(31)29-26(33)28-20/h8-13H,4-7H2,1-3H3,(H,27,32)(H2,28,29,31,33)/b20-13+. The lowest BCUT2D eigenvalue weighted by Crippen LogP contribution is -2.21. The monoisotopic (exact) mass is 490 g/mol. The molecule has 2 aliphatic rings. The summed E-state index contributed by atoms with van der Waals surface area (Å²) in [5, 5.41) is 9.87. The number of rotatable bonds is 4. The molecule has 3 N–H and O–H groups in total. The first-order chi connectivity index (χ1) is 16.3. The quantitative estimate of drug-likeness (QED) is 0.358.